The van der Waals surface area contributed by atoms with E-state index < -0.39 is 6.09 Å². The molecule has 0 aliphatic rings. The Kier molecular flexibility index (Phi) is 5.95. The van der Waals surface area contributed by atoms with Gasteiger partial charge in [-0.15, -0.1) is 0 Å². The number of nitrogens with zero attached hydrogens (tertiary/aromatic N) is 5. The molecule has 8 heteroatoms. The van der Waals surface area contributed by atoms with Crippen molar-refractivity contribution in [1.29, 1.82) is 0 Å². The second-order valence-electron chi connectivity index (χ2n) is 6.47. The Labute approximate surface area is 173 Å². The van der Waals surface area contributed by atoms with Gasteiger partial charge in [-0.25, -0.2) is 19.9 Å². The van der Waals surface area contributed by atoms with Crippen molar-refractivity contribution in [2.24, 2.45) is 0 Å². The van der Waals surface area contributed by atoms with Crippen molar-refractivity contribution in [2.75, 3.05) is 5.01 Å². The lowest BCUT2D eigenvalue weighted by atomic mass is 10.2. The van der Waals surface area contributed by atoms with Crippen LogP contribution in [0.5, 0.6) is 0 Å². The molecule has 0 bridgehead atoms. The van der Waals surface area contributed by atoms with Crippen molar-refractivity contribution in [3.63, 3.8) is 0 Å². The Balaban J connectivity index is 1.54. The fourth-order valence-electron chi connectivity index (χ4n) is 2.87. The highest BCUT2D eigenvalue weighted by molar-refractivity contribution is 5.73. The zero-order valence-corrected chi connectivity index (χ0v) is 16.1. The maximum Gasteiger partial charge on any atom is 0.426 e. The first-order valence-corrected chi connectivity index (χ1v) is 9.42. The first kappa shape index (κ1) is 19.1. The number of amides is 1. The number of para-hydroxylation sites is 1. The minimum absolute atomic E-state index is 0.157. The summed E-state index contributed by atoms with van der Waals surface area (Å²) in [5, 5.41) is 13.5. The number of anilines is 2. The van der Waals surface area contributed by atoms with Gasteiger partial charge in [0, 0.05) is 0 Å². The van der Waals surface area contributed by atoms with Crippen molar-refractivity contribution < 1.29 is 9.53 Å². The lowest BCUT2D eigenvalue weighted by molar-refractivity contribution is 0.139. The van der Waals surface area contributed by atoms with Crippen molar-refractivity contribution in [3.8, 4) is 0 Å². The summed E-state index contributed by atoms with van der Waals surface area (Å²) in [4.78, 5) is 12.5. The summed E-state index contributed by atoms with van der Waals surface area (Å²) < 4.78 is 6.98. The number of nitrogens with one attached hydrogen (secondary N) is 1. The molecule has 1 N–H and O–H groups in total. The first-order chi connectivity index (χ1) is 14.8. The molecule has 1 heterocycles. The number of hydrazine groups is 1. The van der Waals surface area contributed by atoms with Crippen LogP contribution < -0.4 is 10.4 Å². The van der Waals surface area contributed by atoms with E-state index in [0.29, 0.717) is 18.2 Å². The Morgan fingerprint density at radius 2 is 1.47 bits per heavy atom. The fourth-order valence-corrected chi connectivity index (χ4v) is 2.87. The highest BCUT2D eigenvalue weighted by atomic mass is 16.6. The lowest BCUT2D eigenvalue weighted by Gasteiger charge is -2.23. The smallest absolute Gasteiger partial charge is 0.426 e. The first-order valence-electron chi connectivity index (χ1n) is 9.42. The van der Waals surface area contributed by atoms with E-state index in [1.807, 2.05) is 91.0 Å². The average molecular weight is 400 g/mol. The number of carbonyl (C=O) groups excluding carboxylic acids is 1. The molecule has 0 fully saturated rings. The molecule has 0 saturated carbocycles. The van der Waals surface area contributed by atoms with E-state index >= 15 is 0 Å². The Bertz CT molecular complexity index is 1070. The van der Waals surface area contributed by atoms with Gasteiger partial charge in [-0.05, 0) is 33.7 Å². The number of benzene rings is 3. The molecule has 0 radical (unpaired) electrons. The predicted molar refractivity (Wildman–Crippen MR) is 112 cm³/mol. The van der Waals surface area contributed by atoms with Crippen LogP contribution in [0.3, 0.4) is 0 Å². The lowest BCUT2D eigenvalue weighted by Crippen LogP contribution is -2.41. The molecule has 150 valence electrons. The van der Waals surface area contributed by atoms with Crippen molar-refractivity contribution >= 4 is 17.7 Å². The van der Waals surface area contributed by atoms with Gasteiger partial charge in [0.25, 0.3) is 5.95 Å². The van der Waals surface area contributed by atoms with Crippen molar-refractivity contribution in [2.45, 2.75) is 13.2 Å². The minimum atomic E-state index is -0.614. The maximum absolute atomic E-state index is 12.5. The molecule has 0 aliphatic carbocycles. The van der Waals surface area contributed by atoms with Crippen LogP contribution in [0.2, 0.25) is 0 Å². The largest absolute Gasteiger partial charge is 0.443 e. The third-order valence-electron chi connectivity index (χ3n) is 4.32. The molecule has 4 rings (SSSR count). The summed E-state index contributed by atoms with van der Waals surface area (Å²) in [6.45, 7) is 0.609. The molecular weight excluding hydrogens is 380 g/mol. The second kappa shape index (κ2) is 9.33. The Morgan fingerprint density at radius 3 is 2.13 bits per heavy atom. The zero-order chi connectivity index (χ0) is 20.6. The summed E-state index contributed by atoms with van der Waals surface area (Å²) in [5.41, 5.74) is 5.36. The number of hydrogen-bond acceptors (Lipinski definition) is 6. The molecule has 3 aromatic carbocycles. The molecule has 1 aromatic heterocycles. The van der Waals surface area contributed by atoms with Crippen LogP contribution in [-0.4, -0.2) is 26.3 Å². The summed E-state index contributed by atoms with van der Waals surface area (Å²) in [7, 11) is 0. The Morgan fingerprint density at radius 1 is 0.867 bits per heavy atom. The fraction of sp³-hybridized carbons (Fsp3) is 0.0909. The van der Waals surface area contributed by atoms with Crippen LogP contribution in [-0.2, 0) is 17.9 Å². The molecule has 0 atom stereocenters. The SMILES string of the molecule is O=C(NN(c1ccccc1)c1nnnn1Cc1ccccc1)OCc1ccccc1. The van der Waals surface area contributed by atoms with Gasteiger partial charge in [0.05, 0.1) is 12.2 Å². The normalized spacial score (nSPS) is 10.4. The van der Waals surface area contributed by atoms with E-state index in [1.165, 1.54) is 5.01 Å². The van der Waals surface area contributed by atoms with Gasteiger partial charge < -0.3 is 4.74 Å². The minimum Gasteiger partial charge on any atom is -0.443 e. The molecule has 4 aromatic rings. The molecule has 0 unspecified atom stereocenters. The van der Waals surface area contributed by atoms with Crippen molar-refractivity contribution in [3.05, 3.63) is 102 Å². The molecule has 1 amide bonds. The van der Waals surface area contributed by atoms with E-state index in [-0.39, 0.29) is 6.61 Å². The van der Waals surface area contributed by atoms with Crippen LogP contribution in [0, 0.1) is 0 Å². The standard InChI is InChI=1S/C22H20N6O2/c29-22(30-17-19-12-6-2-7-13-19)24-28(20-14-8-3-9-15-20)21-23-25-26-27(21)16-18-10-4-1-5-11-18/h1-15H,16-17H2,(H,24,29). The van der Waals surface area contributed by atoms with Crippen LogP contribution in [0.4, 0.5) is 16.4 Å². The molecule has 0 spiro atoms. The van der Waals surface area contributed by atoms with Gasteiger partial charge >= 0.3 is 6.09 Å². The third kappa shape index (κ3) is 4.79. The van der Waals surface area contributed by atoms with Gasteiger partial charge in [-0.3, -0.25) is 0 Å². The Hall–Kier alpha value is -4.20. The van der Waals surface area contributed by atoms with Crippen LogP contribution in [0.15, 0.2) is 91.0 Å². The third-order valence-corrected chi connectivity index (χ3v) is 4.32. The summed E-state index contributed by atoms with van der Waals surface area (Å²) in [5.74, 6) is 0.363. The van der Waals surface area contributed by atoms with E-state index in [4.69, 9.17) is 4.74 Å². The number of tetrazole rings is 1. The van der Waals surface area contributed by atoms with E-state index in [9.17, 15) is 4.79 Å². The molecule has 8 nitrogen and oxygen atoms in total. The highest BCUT2D eigenvalue weighted by Crippen LogP contribution is 2.21. The predicted octanol–water partition coefficient (Wildman–Crippen LogP) is 3.70. The van der Waals surface area contributed by atoms with Gasteiger partial charge in [0.2, 0.25) is 0 Å². The topological polar surface area (TPSA) is 85.2 Å². The van der Waals surface area contributed by atoms with Gasteiger partial charge in [0.1, 0.15) is 6.61 Å². The molecule has 0 saturated heterocycles. The highest BCUT2D eigenvalue weighted by Gasteiger charge is 2.20. The number of carbonyl (C=O) groups is 1. The number of ether oxygens (including phenoxy) is 1. The zero-order valence-electron chi connectivity index (χ0n) is 16.1. The number of rotatable bonds is 7. The molecule has 30 heavy (non-hydrogen) atoms. The van der Waals surface area contributed by atoms with Crippen molar-refractivity contribution in [1.82, 2.24) is 25.6 Å². The summed E-state index contributed by atoms with van der Waals surface area (Å²) in [6.07, 6.45) is -0.614. The van der Waals surface area contributed by atoms with Gasteiger partial charge in [-0.1, -0.05) is 84.0 Å². The van der Waals surface area contributed by atoms with E-state index in [0.717, 1.165) is 11.1 Å². The number of aromatic nitrogens is 4. The van der Waals surface area contributed by atoms with Gasteiger partial charge in [-0.2, -0.15) is 0 Å². The molecular formula is C22H20N6O2. The van der Waals surface area contributed by atoms with Gasteiger partial charge in [0.15, 0.2) is 0 Å². The summed E-state index contributed by atoms with van der Waals surface area (Å²) >= 11 is 0. The average Bonchev–Trinajstić information content (AvgIpc) is 3.26. The van der Waals surface area contributed by atoms with E-state index in [1.54, 1.807) is 4.68 Å². The maximum atomic E-state index is 12.5. The van der Waals surface area contributed by atoms with Crippen LogP contribution in [0.25, 0.3) is 0 Å². The molecule has 0 aliphatic heterocycles. The number of hydrogen-bond donors (Lipinski definition) is 1. The monoisotopic (exact) mass is 400 g/mol. The van der Waals surface area contributed by atoms with Crippen LogP contribution >= 0.6 is 0 Å². The second-order valence-corrected chi connectivity index (χ2v) is 6.47. The van der Waals surface area contributed by atoms with E-state index in [2.05, 4.69) is 21.0 Å². The quantitative estimate of drug-likeness (QED) is 0.476. The van der Waals surface area contributed by atoms with Crippen LogP contribution in [0.1, 0.15) is 11.1 Å². The summed E-state index contributed by atoms with van der Waals surface area (Å²) in [6, 6.07) is 28.6.